The minimum Gasteiger partial charge on any atom is -0.258 e. The predicted octanol–water partition coefficient (Wildman–Crippen LogP) is 4.88. The maximum atomic E-state index is 10.6. The van der Waals surface area contributed by atoms with E-state index in [1.165, 1.54) is 6.07 Å². The van der Waals surface area contributed by atoms with Gasteiger partial charge in [-0.05, 0) is 30.9 Å². The highest BCUT2D eigenvalue weighted by Crippen LogP contribution is 2.32. The van der Waals surface area contributed by atoms with Gasteiger partial charge in [-0.1, -0.05) is 23.7 Å². The summed E-state index contributed by atoms with van der Waals surface area (Å²) in [5.41, 5.74) is 0.719. The summed E-state index contributed by atoms with van der Waals surface area (Å²) in [5.74, 6) is 0. The molecule has 0 aliphatic rings. The van der Waals surface area contributed by atoms with Gasteiger partial charge < -0.3 is 0 Å². The van der Waals surface area contributed by atoms with E-state index >= 15 is 0 Å². The van der Waals surface area contributed by atoms with Crippen LogP contribution in [0.25, 0.3) is 0 Å². The highest BCUT2D eigenvalue weighted by atomic mass is 35.5. The van der Waals surface area contributed by atoms with E-state index in [-0.39, 0.29) is 16.1 Å². The number of nitro groups is 1. The van der Waals surface area contributed by atoms with Gasteiger partial charge in [-0.25, -0.2) is 0 Å². The van der Waals surface area contributed by atoms with E-state index < -0.39 is 4.92 Å². The zero-order chi connectivity index (χ0) is 12.8. The summed E-state index contributed by atoms with van der Waals surface area (Å²) in [6.07, 6.45) is 4.48. The molecule has 0 aromatic heterocycles. The van der Waals surface area contributed by atoms with Crippen LogP contribution in [0.1, 0.15) is 30.2 Å². The maximum Gasteiger partial charge on any atom is 0.287 e. The second-order valence-corrected chi connectivity index (χ2v) is 4.59. The summed E-state index contributed by atoms with van der Waals surface area (Å²) < 4.78 is 0. The number of hydrogen-bond donors (Lipinski definition) is 0. The fraction of sp³-hybridized carbons (Fsp3) is 0.333. The predicted molar refractivity (Wildman–Crippen MR) is 70.7 cm³/mol. The summed E-state index contributed by atoms with van der Waals surface area (Å²) in [4.78, 5) is 10.1. The van der Waals surface area contributed by atoms with Gasteiger partial charge in [0.05, 0.1) is 10.3 Å². The highest BCUT2D eigenvalue weighted by molar-refractivity contribution is 6.32. The van der Waals surface area contributed by atoms with Gasteiger partial charge in [-0.3, -0.25) is 10.1 Å². The van der Waals surface area contributed by atoms with Gasteiger partial charge in [0, 0.05) is 6.07 Å². The Balaban J connectivity index is 2.75. The molecule has 0 saturated heterocycles. The third-order valence-corrected chi connectivity index (χ3v) is 3.17. The molecule has 0 saturated carbocycles. The Morgan fingerprint density at radius 1 is 1.53 bits per heavy atom. The molecule has 0 bridgehead atoms. The molecule has 1 atom stereocenters. The molecule has 0 radical (unpaired) electrons. The summed E-state index contributed by atoms with van der Waals surface area (Å²) in [6, 6.07) is 4.60. The zero-order valence-corrected chi connectivity index (χ0v) is 10.7. The highest BCUT2D eigenvalue weighted by Gasteiger charge is 2.15. The first-order valence-corrected chi connectivity index (χ1v) is 6.06. The fourth-order valence-electron chi connectivity index (χ4n) is 1.47. The second-order valence-electron chi connectivity index (χ2n) is 3.66. The quantitative estimate of drug-likeness (QED) is 0.244. The number of benzene rings is 1. The molecule has 3 nitrogen and oxygen atoms in total. The molecule has 0 aliphatic heterocycles. The van der Waals surface area contributed by atoms with Gasteiger partial charge in [0.1, 0.15) is 5.02 Å². The van der Waals surface area contributed by atoms with Crippen LogP contribution in [0, 0.1) is 10.1 Å². The van der Waals surface area contributed by atoms with Crippen molar-refractivity contribution in [2.24, 2.45) is 0 Å². The minimum atomic E-state index is -0.507. The minimum absolute atomic E-state index is 0.0922. The van der Waals surface area contributed by atoms with Crippen LogP contribution in [-0.4, -0.2) is 4.92 Å². The first kappa shape index (κ1) is 14.0. The van der Waals surface area contributed by atoms with Crippen molar-refractivity contribution in [1.29, 1.82) is 0 Å². The number of hydrogen-bond acceptors (Lipinski definition) is 2. The molecular formula is C12H13Cl2NO2. The van der Waals surface area contributed by atoms with Crippen LogP contribution in [0.15, 0.2) is 30.9 Å². The summed E-state index contributed by atoms with van der Waals surface area (Å²) in [7, 11) is 0. The Kier molecular flexibility index (Phi) is 5.45. The van der Waals surface area contributed by atoms with E-state index in [9.17, 15) is 10.1 Å². The van der Waals surface area contributed by atoms with Crippen molar-refractivity contribution >= 4 is 28.9 Å². The molecule has 0 aliphatic carbocycles. The van der Waals surface area contributed by atoms with Crippen molar-refractivity contribution in [2.75, 3.05) is 0 Å². The van der Waals surface area contributed by atoms with Gasteiger partial charge in [0.2, 0.25) is 0 Å². The molecular weight excluding hydrogens is 261 g/mol. The molecule has 1 rings (SSSR count). The molecule has 1 aromatic carbocycles. The number of nitrogens with zero attached hydrogens (tertiary/aromatic N) is 1. The first-order valence-electron chi connectivity index (χ1n) is 5.25. The van der Waals surface area contributed by atoms with E-state index in [0.717, 1.165) is 24.8 Å². The number of rotatable bonds is 6. The molecule has 1 aromatic rings. The lowest BCUT2D eigenvalue weighted by Crippen LogP contribution is -1.94. The molecule has 0 spiro atoms. The van der Waals surface area contributed by atoms with Crippen LogP contribution in [0.4, 0.5) is 5.69 Å². The third kappa shape index (κ3) is 4.02. The smallest absolute Gasteiger partial charge is 0.258 e. The van der Waals surface area contributed by atoms with Crippen LogP contribution < -0.4 is 0 Å². The summed E-state index contributed by atoms with van der Waals surface area (Å²) >= 11 is 12.0. The van der Waals surface area contributed by atoms with Gasteiger partial charge in [-0.15, -0.1) is 18.2 Å². The van der Waals surface area contributed by atoms with E-state index in [1.54, 1.807) is 12.1 Å². The first-order chi connectivity index (χ1) is 8.06. The summed E-state index contributed by atoms with van der Waals surface area (Å²) in [5, 5.41) is 10.5. The fourth-order valence-corrected chi connectivity index (χ4v) is 2.02. The lowest BCUT2D eigenvalue weighted by Gasteiger charge is -2.09. The van der Waals surface area contributed by atoms with Gasteiger partial charge in [0.15, 0.2) is 0 Å². The van der Waals surface area contributed by atoms with E-state index in [1.807, 2.05) is 6.08 Å². The number of nitro benzene ring substituents is 1. The molecule has 17 heavy (non-hydrogen) atoms. The summed E-state index contributed by atoms with van der Waals surface area (Å²) in [6.45, 7) is 3.64. The van der Waals surface area contributed by atoms with E-state index in [4.69, 9.17) is 23.2 Å². The standard InChI is InChI=1S/C12H13Cl2NO2/c1-2-3-4-5-10(13)9-6-7-12(15(16)17)11(14)8-9/h2,6-8,10H,1,3-5H2. The maximum absolute atomic E-state index is 10.6. The average Bonchev–Trinajstić information content (AvgIpc) is 2.28. The van der Waals surface area contributed by atoms with Crippen LogP contribution in [0.3, 0.4) is 0 Å². The number of alkyl halides is 1. The molecule has 0 heterocycles. The SMILES string of the molecule is C=CCCCC(Cl)c1ccc([N+](=O)[O-])c(Cl)c1. The van der Waals surface area contributed by atoms with E-state index in [0.29, 0.717) is 0 Å². The molecule has 1 unspecified atom stereocenters. The van der Waals surface area contributed by atoms with Gasteiger partial charge in [0.25, 0.3) is 5.69 Å². The van der Waals surface area contributed by atoms with Crippen LogP contribution in [0.2, 0.25) is 5.02 Å². The monoisotopic (exact) mass is 273 g/mol. The van der Waals surface area contributed by atoms with Gasteiger partial charge in [-0.2, -0.15) is 0 Å². The molecule has 0 N–H and O–H groups in total. The average molecular weight is 274 g/mol. The number of halogens is 2. The lowest BCUT2D eigenvalue weighted by molar-refractivity contribution is -0.384. The van der Waals surface area contributed by atoms with Gasteiger partial charge >= 0.3 is 0 Å². The molecule has 5 heteroatoms. The Morgan fingerprint density at radius 3 is 2.76 bits per heavy atom. The van der Waals surface area contributed by atoms with E-state index in [2.05, 4.69) is 6.58 Å². The third-order valence-electron chi connectivity index (χ3n) is 2.40. The Morgan fingerprint density at radius 2 is 2.24 bits per heavy atom. The molecule has 0 fully saturated rings. The normalized spacial score (nSPS) is 12.1. The van der Waals surface area contributed by atoms with Crippen molar-refractivity contribution in [1.82, 2.24) is 0 Å². The largest absolute Gasteiger partial charge is 0.287 e. The number of unbranched alkanes of at least 4 members (excludes halogenated alkanes) is 1. The van der Waals surface area contributed by atoms with Crippen LogP contribution in [-0.2, 0) is 0 Å². The molecule has 92 valence electrons. The van der Waals surface area contributed by atoms with Crippen molar-refractivity contribution in [3.05, 3.63) is 51.6 Å². The Bertz CT molecular complexity index is 421. The Hall–Kier alpha value is -1.06. The van der Waals surface area contributed by atoms with Crippen LogP contribution >= 0.6 is 23.2 Å². The molecule has 0 amide bonds. The second kappa shape index (κ2) is 6.62. The van der Waals surface area contributed by atoms with Crippen molar-refractivity contribution in [2.45, 2.75) is 24.6 Å². The lowest BCUT2D eigenvalue weighted by atomic mass is 10.1. The van der Waals surface area contributed by atoms with Crippen molar-refractivity contribution < 1.29 is 4.92 Å². The number of allylic oxidation sites excluding steroid dienone is 1. The topological polar surface area (TPSA) is 43.1 Å². The van der Waals surface area contributed by atoms with Crippen LogP contribution in [0.5, 0.6) is 0 Å². The van der Waals surface area contributed by atoms with Crippen molar-refractivity contribution in [3.63, 3.8) is 0 Å². The zero-order valence-electron chi connectivity index (χ0n) is 9.23. The Labute approximate surface area is 110 Å². The van der Waals surface area contributed by atoms with Crippen molar-refractivity contribution in [3.8, 4) is 0 Å².